The monoisotopic (exact) mass is 456 g/mol. The summed E-state index contributed by atoms with van der Waals surface area (Å²) < 4.78 is 11.1. The van der Waals surface area contributed by atoms with Crippen LogP contribution in [0.25, 0.3) is 0 Å². The molecule has 3 aromatic rings. The summed E-state index contributed by atoms with van der Waals surface area (Å²) in [6.07, 6.45) is 1.65. The number of aliphatic imine (C=N–C) groups is 1. The zero-order chi connectivity index (χ0) is 22.2. The van der Waals surface area contributed by atoms with Crippen LogP contribution in [0.1, 0.15) is 18.1 Å². The Kier molecular flexibility index (Phi) is 7.93. The highest BCUT2D eigenvalue weighted by Crippen LogP contribution is 2.24. The number of anilines is 1. The molecule has 0 fully saturated rings. The number of nitrogens with one attached hydrogen (secondary N) is 1. The minimum atomic E-state index is -0.302. The number of aryl methyl sites for hydroxylation is 1. The lowest BCUT2D eigenvalue weighted by molar-refractivity contribution is -0.118. The van der Waals surface area contributed by atoms with E-state index < -0.39 is 0 Å². The minimum absolute atomic E-state index is 0.170. The lowest BCUT2D eigenvalue weighted by Crippen LogP contribution is -2.20. The molecular formula is C24H22Cl2N2O3. The van der Waals surface area contributed by atoms with E-state index in [4.69, 9.17) is 32.7 Å². The Morgan fingerprint density at radius 2 is 1.81 bits per heavy atom. The molecule has 1 amide bonds. The fourth-order valence-corrected chi connectivity index (χ4v) is 3.06. The van der Waals surface area contributed by atoms with Gasteiger partial charge >= 0.3 is 0 Å². The number of amides is 1. The number of rotatable bonds is 8. The van der Waals surface area contributed by atoms with E-state index >= 15 is 0 Å². The lowest BCUT2D eigenvalue weighted by atomic mass is 10.2. The van der Waals surface area contributed by atoms with Gasteiger partial charge in [0.25, 0.3) is 5.91 Å². The first kappa shape index (κ1) is 22.7. The molecule has 0 aliphatic heterocycles. The van der Waals surface area contributed by atoms with Gasteiger partial charge in [-0.15, -0.1) is 0 Å². The largest absolute Gasteiger partial charge is 0.494 e. The van der Waals surface area contributed by atoms with Crippen LogP contribution < -0.4 is 14.8 Å². The molecule has 0 spiro atoms. The van der Waals surface area contributed by atoms with Crippen LogP contribution in [-0.2, 0) is 4.79 Å². The van der Waals surface area contributed by atoms with Crippen molar-refractivity contribution >= 4 is 46.7 Å². The first-order chi connectivity index (χ1) is 14.9. The van der Waals surface area contributed by atoms with Crippen LogP contribution in [0.2, 0.25) is 10.0 Å². The van der Waals surface area contributed by atoms with Crippen LogP contribution in [0.5, 0.6) is 11.5 Å². The molecule has 31 heavy (non-hydrogen) atoms. The standard InChI is InChI=1S/C24H22Cl2N2O3/c1-3-30-21-9-7-19(8-10-21)27-14-17-12-18(25)5-11-23(17)31-15-24(29)28-20-6-4-16(2)22(26)13-20/h4-14H,3,15H2,1-2H3,(H,28,29). The zero-order valence-corrected chi connectivity index (χ0v) is 18.7. The fourth-order valence-electron chi connectivity index (χ4n) is 2.70. The van der Waals surface area contributed by atoms with Gasteiger partial charge in [-0.2, -0.15) is 0 Å². The van der Waals surface area contributed by atoms with E-state index in [1.54, 1.807) is 36.5 Å². The van der Waals surface area contributed by atoms with E-state index in [0.717, 1.165) is 17.0 Å². The van der Waals surface area contributed by atoms with E-state index in [-0.39, 0.29) is 12.5 Å². The Morgan fingerprint density at radius 1 is 1.03 bits per heavy atom. The second-order valence-electron chi connectivity index (χ2n) is 6.67. The molecule has 1 N–H and O–H groups in total. The maximum atomic E-state index is 12.3. The highest BCUT2D eigenvalue weighted by atomic mass is 35.5. The van der Waals surface area contributed by atoms with Crippen LogP contribution in [0.4, 0.5) is 11.4 Å². The molecule has 5 nitrogen and oxygen atoms in total. The number of halogens is 2. The van der Waals surface area contributed by atoms with Gasteiger partial charge in [-0.3, -0.25) is 9.79 Å². The van der Waals surface area contributed by atoms with Crippen LogP contribution in [0.3, 0.4) is 0 Å². The molecule has 0 saturated carbocycles. The molecule has 0 aromatic heterocycles. The van der Waals surface area contributed by atoms with Crippen molar-refractivity contribution in [2.45, 2.75) is 13.8 Å². The topological polar surface area (TPSA) is 59.9 Å². The average Bonchev–Trinajstić information content (AvgIpc) is 2.75. The predicted octanol–water partition coefficient (Wildman–Crippen LogP) is 6.47. The van der Waals surface area contributed by atoms with Crippen molar-refractivity contribution in [1.29, 1.82) is 0 Å². The summed E-state index contributed by atoms with van der Waals surface area (Å²) in [5.41, 5.74) is 2.96. The normalized spacial score (nSPS) is 10.8. The Morgan fingerprint density at radius 3 is 2.52 bits per heavy atom. The average molecular weight is 457 g/mol. The van der Waals surface area contributed by atoms with Crippen LogP contribution in [0.15, 0.2) is 65.7 Å². The van der Waals surface area contributed by atoms with E-state index in [2.05, 4.69) is 10.3 Å². The molecule has 0 aliphatic rings. The van der Waals surface area contributed by atoms with Gasteiger partial charge in [0.2, 0.25) is 0 Å². The maximum Gasteiger partial charge on any atom is 0.262 e. The number of hydrogen-bond donors (Lipinski definition) is 1. The molecule has 0 atom stereocenters. The summed E-state index contributed by atoms with van der Waals surface area (Å²) in [7, 11) is 0. The molecule has 160 valence electrons. The predicted molar refractivity (Wildman–Crippen MR) is 127 cm³/mol. The van der Waals surface area contributed by atoms with Crippen molar-refractivity contribution in [3.8, 4) is 11.5 Å². The van der Waals surface area contributed by atoms with Gasteiger partial charge in [0.05, 0.1) is 12.3 Å². The molecule has 3 rings (SSSR count). The number of carbonyl (C=O) groups excluding carboxylic acids is 1. The van der Waals surface area contributed by atoms with Gasteiger partial charge in [0.15, 0.2) is 6.61 Å². The third kappa shape index (κ3) is 6.74. The van der Waals surface area contributed by atoms with Gasteiger partial charge in [-0.1, -0.05) is 29.3 Å². The minimum Gasteiger partial charge on any atom is -0.494 e. The second-order valence-corrected chi connectivity index (χ2v) is 7.51. The number of nitrogens with zero attached hydrogens (tertiary/aromatic N) is 1. The molecule has 0 saturated heterocycles. The van der Waals surface area contributed by atoms with Crippen molar-refractivity contribution in [2.24, 2.45) is 4.99 Å². The molecule has 7 heteroatoms. The van der Waals surface area contributed by atoms with Crippen LogP contribution in [0, 0.1) is 6.92 Å². The summed E-state index contributed by atoms with van der Waals surface area (Å²) in [5, 5.41) is 3.89. The molecule has 0 aliphatic carbocycles. The number of ether oxygens (including phenoxy) is 2. The maximum absolute atomic E-state index is 12.3. The second kappa shape index (κ2) is 10.8. The van der Waals surface area contributed by atoms with Gasteiger partial charge in [-0.25, -0.2) is 0 Å². The fraction of sp³-hybridized carbons (Fsp3) is 0.167. The third-order valence-electron chi connectivity index (χ3n) is 4.29. The zero-order valence-electron chi connectivity index (χ0n) is 17.2. The van der Waals surface area contributed by atoms with Gasteiger partial charge < -0.3 is 14.8 Å². The van der Waals surface area contributed by atoms with Crippen molar-refractivity contribution in [3.05, 3.63) is 81.8 Å². The Balaban J connectivity index is 1.66. The number of hydrogen-bond acceptors (Lipinski definition) is 4. The Labute approximate surface area is 191 Å². The van der Waals surface area contributed by atoms with Crippen molar-refractivity contribution in [3.63, 3.8) is 0 Å². The van der Waals surface area contributed by atoms with Crippen molar-refractivity contribution in [1.82, 2.24) is 0 Å². The first-order valence-corrected chi connectivity index (χ1v) is 10.5. The number of carbonyl (C=O) groups is 1. The van der Waals surface area contributed by atoms with Crippen molar-refractivity contribution < 1.29 is 14.3 Å². The van der Waals surface area contributed by atoms with E-state index in [9.17, 15) is 4.79 Å². The van der Waals surface area contributed by atoms with Gasteiger partial charge in [0.1, 0.15) is 11.5 Å². The summed E-state index contributed by atoms with van der Waals surface area (Å²) >= 11 is 12.2. The SMILES string of the molecule is CCOc1ccc(N=Cc2cc(Cl)ccc2OCC(=O)Nc2ccc(C)c(Cl)c2)cc1. The molecule has 0 unspecified atom stereocenters. The number of benzene rings is 3. The van der Waals surface area contributed by atoms with Crippen LogP contribution in [-0.4, -0.2) is 25.3 Å². The molecular weight excluding hydrogens is 435 g/mol. The highest BCUT2D eigenvalue weighted by Gasteiger charge is 2.08. The summed E-state index contributed by atoms with van der Waals surface area (Å²) in [6.45, 7) is 4.27. The summed E-state index contributed by atoms with van der Waals surface area (Å²) in [4.78, 5) is 16.7. The lowest BCUT2D eigenvalue weighted by Gasteiger charge is -2.11. The molecule has 0 radical (unpaired) electrons. The molecule has 0 bridgehead atoms. The third-order valence-corrected chi connectivity index (χ3v) is 4.93. The first-order valence-electron chi connectivity index (χ1n) is 9.70. The smallest absolute Gasteiger partial charge is 0.262 e. The van der Waals surface area contributed by atoms with Crippen molar-refractivity contribution in [2.75, 3.05) is 18.5 Å². The quantitative estimate of drug-likeness (QED) is 0.395. The van der Waals surface area contributed by atoms with Gasteiger partial charge in [0, 0.05) is 27.5 Å². The Hall–Kier alpha value is -3.02. The summed E-state index contributed by atoms with van der Waals surface area (Å²) in [5.74, 6) is 0.981. The van der Waals surface area contributed by atoms with Crippen LogP contribution >= 0.6 is 23.2 Å². The molecule has 3 aromatic carbocycles. The Bertz CT molecular complexity index is 1080. The highest BCUT2D eigenvalue weighted by molar-refractivity contribution is 6.31. The van der Waals surface area contributed by atoms with E-state index in [1.807, 2.05) is 44.2 Å². The van der Waals surface area contributed by atoms with E-state index in [0.29, 0.717) is 33.7 Å². The van der Waals surface area contributed by atoms with E-state index in [1.165, 1.54) is 0 Å². The summed E-state index contributed by atoms with van der Waals surface area (Å²) in [6, 6.07) is 17.9. The molecule has 0 heterocycles. The van der Waals surface area contributed by atoms with Gasteiger partial charge in [-0.05, 0) is 74.0 Å².